The number of rotatable bonds is 1. The van der Waals surface area contributed by atoms with Crippen molar-refractivity contribution in [3.63, 3.8) is 0 Å². The lowest BCUT2D eigenvalue weighted by Crippen LogP contribution is -2.50. The van der Waals surface area contributed by atoms with Crippen molar-refractivity contribution >= 4 is 21.8 Å². The molecule has 0 aliphatic carbocycles. The highest BCUT2D eigenvalue weighted by Gasteiger charge is 2.46. The quantitative estimate of drug-likeness (QED) is 0.822. The van der Waals surface area contributed by atoms with Gasteiger partial charge in [0.1, 0.15) is 11.7 Å². The Morgan fingerprint density at radius 2 is 2.12 bits per heavy atom. The molecule has 0 aromatic heterocycles. The van der Waals surface area contributed by atoms with Crippen LogP contribution in [0.25, 0.3) is 0 Å². The molecule has 2 heterocycles. The van der Waals surface area contributed by atoms with E-state index in [0.29, 0.717) is 13.2 Å². The van der Waals surface area contributed by atoms with Gasteiger partial charge in [0.25, 0.3) is 0 Å². The third kappa shape index (κ3) is 1.99. The first-order valence-corrected chi connectivity index (χ1v) is 6.41. The molecular weight excluding hydrogens is 284 g/mol. The summed E-state index contributed by atoms with van der Waals surface area (Å²) in [5.41, 5.74) is 0.629. The van der Waals surface area contributed by atoms with E-state index in [1.807, 2.05) is 24.3 Å². The number of nitrogens with one attached hydrogen (secondary N) is 2. The van der Waals surface area contributed by atoms with Crippen molar-refractivity contribution in [1.82, 2.24) is 10.6 Å². The van der Waals surface area contributed by atoms with Gasteiger partial charge in [-0.3, -0.25) is 10.1 Å². The predicted molar refractivity (Wildman–Crippen MR) is 66.3 cm³/mol. The van der Waals surface area contributed by atoms with Gasteiger partial charge in [-0.2, -0.15) is 0 Å². The van der Waals surface area contributed by atoms with E-state index in [4.69, 9.17) is 4.74 Å². The van der Waals surface area contributed by atoms with E-state index < -0.39 is 0 Å². The van der Waals surface area contributed by atoms with Gasteiger partial charge in [0.2, 0.25) is 5.91 Å². The van der Waals surface area contributed by atoms with Crippen molar-refractivity contribution < 1.29 is 9.53 Å². The van der Waals surface area contributed by atoms with Gasteiger partial charge in [0.05, 0.1) is 13.2 Å². The molecule has 1 aromatic carbocycles. The van der Waals surface area contributed by atoms with Gasteiger partial charge >= 0.3 is 0 Å². The van der Waals surface area contributed by atoms with Gasteiger partial charge < -0.3 is 10.1 Å². The smallest absolute Gasteiger partial charge is 0.243 e. The Morgan fingerprint density at radius 1 is 1.35 bits per heavy atom. The molecule has 0 saturated carbocycles. The topological polar surface area (TPSA) is 50.4 Å². The largest absolute Gasteiger partial charge is 0.377 e. The van der Waals surface area contributed by atoms with Crippen molar-refractivity contribution in [3.8, 4) is 0 Å². The number of hydrogen-bond acceptors (Lipinski definition) is 3. The highest BCUT2D eigenvalue weighted by molar-refractivity contribution is 9.10. The molecule has 2 aliphatic heterocycles. The third-order valence-electron chi connectivity index (χ3n) is 3.27. The minimum atomic E-state index is -0.352. The number of halogens is 1. The second-order valence-electron chi connectivity index (χ2n) is 4.50. The van der Waals surface area contributed by atoms with Crippen LogP contribution in [0.2, 0.25) is 0 Å². The molecule has 0 radical (unpaired) electrons. The average Bonchev–Trinajstić information content (AvgIpc) is 2.88. The van der Waals surface area contributed by atoms with Crippen LogP contribution in [0.5, 0.6) is 0 Å². The van der Waals surface area contributed by atoms with Gasteiger partial charge in [-0.15, -0.1) is 0 Å². The van der Waals surface area contributed by atoms with Gasteiger partial charge in [-0.05, 0) is 17.7 Å². The number of amides is 1. The lowest BCUT2D eigenvalue weighted by atomic mass is 10.1. The highest BCUT2D eigenvalue weighted by atomic mass is 79.9. The molecule has 1 aromatic rings. The Balaban J connectivity index is 1.85. The monoisotopic (exact) mass is 296 g/mol. The molecule has 3 rings (SSSR count). The van der Waals surface area contributed by atoms with E-state index in [0.717, 1.165) is 16.5 Å². The lowest BCUT2D eigenvalue weighted by molar-refractivity contribution is -0.121. The zero-order chi connectivity index (χ0) is 11.9. The molecule has 90 valence electrons. The standard InChI is InChI=1S/C12H13BrN2O2/c13-9-3-1-8(2-4-9)10-11(16)15-12(14-10)5-6-17-7-12/h1-4,10,14H,5-7H2,(H,15,16)/t10-,12+/m1/s1. The molecule has 0 bridgehead atoms. The van der Waals surface area contributed by atoms with Crippen LogP contribution in [-0.2, 0) is 9.53 Å². The Hall–Kier alpha value is -0.910. The van der Waals surface area contributed by atoms with Crippen LogP contribution in [0.3, 0.4) is 0 Å². The van der Waals surface area contributed by atoms with Gasteiger partial charge in [0, 0.05) is 10.9 Å². The minimum absolute atomic E-state index is 0.0258. The first-order chi connectivity index (χ1) is 8.19. The first kappa shape index (κ1) is 11.2. The van der Waals surface area contributed by atoms with E-state index in [2.05, 4.69) is 26.6 Å². The molecule has 0 unspecified atom stereocenters. The molecule has 1 amide bonds. The fourth-order valence-corrected chi connectivity index (χ4v) is 2.62. The van der Waals surface area contributed by atoms with Crippen LogP contribution in [0.1, 0.15) is 18.0 Å². The van der Waals surface area contributed by atoms with Crippen molar-refractivity contribution in [1.29, 1.82) is 0 Å². The molecule has 2 atom stereocenters. The van der Waals surface area contributed by atoms with E-state index in [1.54, 1.807) is 0 Å². The second-order valence-corrected chi connectivity index (χ2v) is 5.42. The number of carbonyl (C=O) groups is 1. The fraction of sp³-hybridized carbons (Fsp3) is 0.417. The molecule has 5 heteroatoms. The summed E-state index contributed by atoms with van der Waals surface area (Å²) in [6, 6.07) is 7.53. The average molecular weight is 297 g/mol. The maximum atomic E-state index is 12.0. The zero-order valence-electron chi connectivity index (χ0n) is 9.20. The van der Waals surface area contributed by atoms with Gasteiger partial charge in [0.15, 0.2) is 0 Å². The summed E-state index contributed by atoms with van der Waals surface area (Å²) in [6.45, 7) is 1.24. The Bertz CT molecular complexity index is 440. The van der Waals surface area contributed by atoms with Crippen LogP contribution in [0.15, 0.2) is 28.7 Å². The first-order valence-electron chi connectivity index (χ1n) is 5.61. The number of carbonyl (C=O) groups excluding carboxylic acids is 1. The van der Waals surface area contributed by atoms with Crippen LogP contribution >= 0.6 is 15.9 Å². The molecule has 4 nitrogen and oxygen atoms in total. The maximum Gasteiger partial charge on any atom is 0.243 e. The predicted octanol–water partition coefficient (Wildman–Crippen LogP) is 1.33. The summed E-state index contributed by atoms with van der Waals surface area (Å²) < 4.78 is 6.36. The highest BCUT2D eigenvalue weighted by Crippen LogP contribution is 2.28. The van der Waals surface area contributed by atoms with Crippen molar-refractivity contribution in [2.24, 2.45) is 0 Å². The summed E-state index contributed by atoms with van der Waals surface area (Å²) in [4.78, 5) is 12.0. The zero-order valence-corrected chi connectivity index (χ0v) is 10.8. The summed E-state index contributed by atoms with van der Waals surface area (Å²) in [5.74, 6) is 0.0258. The molecule has 2 fully saturated rings. The number of ether oxygens (including phenoxy) is 1. The third-order valence-corrected chi connectivity index (χ3v) is 3.80. The molecule has 2 N–H and O–H groups in total. The van der Waals surface area contributed by atoms with E-state index in [9.17, 15) is 4.79 Å². The maximum absolute atomic E-state index is 12.0. The van der Waals surface area contributed by atoms with E-state index >= 15 is 0 Å². The van der Waals surface area contributed by atoms with Crippen molar-refractivity contribution in [3.05, 3.63) is 34.3 Å². The summed E-state index contributed by atoms with van der Waals surface area (Å²) in [6.07, 6.45) is 0.825. The Kier molecular flexibility index (Phi) is 2.69. The second kappa shape index (κ2) is 4.08. The van der Waals surface area contributed by atoms with Gasteiger partial charge in [-0.25, -0.2) is 0 Å². The number of hydrogen-bond donors (Lipinski definition) is 2. The van der Waals surface area contributed by atoms with Crippen molar-refractivity contribution in [2.75, 3.05) is 13.2 Å². The van der Waals surface area contributed by atoms with Crippen LogP contribution < -0.4 is 10.6 Å². The van der Waals surface area contributed by atoms with Crippen molar-refractivity contribution in [2.45, 2.75) is 18.1 Å². The van der Waals surface area contributed by atoms with Crippen LogP contribution in [-0.4, -0.2) is 24.8 Å². The van der Waals surface area contributed by atoms with Gasteiger partial charge in [-0.1, -0.05) is 28.1 Å². The molecule has 1 spiro atoms. The number of benzene rings is 1. The Morgan fingerprint density at radius 3 is 2.76 bits per heavy atom. The lowest BCUT2D eigenvalue weighted by Gasteiger charge is -2.21. The normalized spacial score (nSPS) is 32.1. The van der Waals surface area contributed by atoms with E-state index in [1.165, 1.54) is 0 Å². The summed E-state index contributed by atoms with van der Waals surface area (Å²) >= 11 is 3.39. The fourth-order valence-electron chi connectivity index (χ4n) is 2.35. The summed E-state index contributed by atoms with van der Waals surface area (Å²) in [7, 11) is 0. The van der Waals surface area contributed by atoms with Crippen LogP contribution in [0.4, 0.5) is 0 Å². The molecule has 17 heavy (non-hydrogen) atoms. The van der Waals surface area contributed by atoms with Crippen LogP contribution in [0, 0.1) is 0 Å². The minimum Gasteiger partial charge on any atom is -0.377 e. The summed E-state index contributed by atoms with van der Waals surface area (Å²) in [5, 5.41) is 6.36. The molecule has 2 aliphatic rings. The van der Waals surface area contributed by atoms with E-state index in [-0.39, 0.29) is 17.6 Å². The SMILES string of the molecule is O=C1N[C@]2(CCOC2)N[C@@H]1c1ccc(Br)cc1. The Labute approximate surface area is 108 Å². The molecule has 2 saturated heterocycles. The molecular formula is C12H13BrN2O2.